The van der Waals surface area contributed by atoms with E-state index in [-0.39, 0.29) is 12.5 Å². The number of hydrogen-bond donors (Lipinski definition) is 0. The van der Waals surface area contributed by atoms with Crippen molar-refractivity contribution in [3.05, 3.63) is 24.3 Å². The van der Waals surface area contributed by atoms with E-state index in [0.29, 0.717) is 13.2 Å². The molecule has 0 aliphatic carbocycles. The molecule has 2 rings (SSSR count). The number of benzene rings is 1. The Hall–Kier alpha value is -1.30. The van der Waals surface area contributed by atoms with E-state index < -0.39 is 0 Å². The average molecular weight is 463 g/mol. The Bertz CT molecular complexity index is 565. The minimum atomic E-state index is -0.0847. The van der Waals surface area contributed by atoms with Crippen molar-refractivity contribution in [2.45, 2.75) is 103 Å². The van der Waals surface area contributed by atoms with Crippen LogP contribution in [0.25, 0.3) is 0 Å². The highest BCUT2D eigenvalue weighted by atomic mass is 16.6. The third kappa shape index (κ3) is 11.6. The molecule has 2 unspecified atom stereocenters. The molecule has 0 radical (unpaired) electrons. The largest absolute Gasteiger partial charge is 0.473 e. The van der Waals surface area contributed by atoms with Crippen LogP contribution >= 0.6 is 0 Å². The number of rotatable bonds is 16. The van der Waals surface area contributed by atoms with Crippen LogP contribution in [0.1, 0.15) is 90.9 Å². The molecule has 1 aliphatic heterocycles. The number of nitrogens with zero attached hydrogens (tertiary/aromatic N) is 2. The molecule has 0 saturated carbocycles. The summed E-state index contributed by atoms with van der Waals surface area (Å²) in [6.07, 6.45) is 15.5. The van der Waals surface area contributed by atoms with Crippen LogP contribution in [0.15, 0.2) is 24.3 Å². The second-order valence-electron chi connectivity index (χ2n) is 9.65. The summed E-state index contributed by atoms with van der Waals surface area (Å²) in [5.74, 6) is 1.69. The van der Waals surface area contributed by atoms with E-state index in [9.17, 15) is 0 Å². The fourth-order valence-electron chi connectivity index (χ4n) is 4.28. The van der Waals surface area contributed by atoms with Crippen molar-refractivity contribution in [1.82, 2.24) is 9.80 Å². The third-order valence-corrected chi connectivity index (χ3v) is 6.58. The van der Waals surface area contributed by atoms with Gasteiger partial charge in [0, 0.05) is 19.2 Å². The van der Waals surface area contributed by atoms with Gasteiger partial charge < -0.3 is 14.2 Å². The molecular formula is C28H50N2O3. The first-order valence-corrected chi connectivity index (χ1v) is 13.6. The molecule has 1 aromatic carbocycles. The number of fused-ring (bicyclic) bond motifs is 2. The van der Waals surface area contributed by atoms with Crippen molar-refractivity contribution in [1.29, 1.82) is 0 Å². The molecule has 0 fully saturated rings. The molecular weight excluding hydrogens is 412 g/mol. The molecule has 1 aliphatic rings. The number of hydrogen-bond acceptors (Lipinski definition) is 5. The summed E-state index contributed by atoms with van der Waals surface area (Å²) in [6.45, 7) is 7.67. The van der Waals surface area contributed by atoms with Gasteiger partial charge in [-0.1, -0.05) is 84.1 Å². The molecule has 1 aromatic rings. The van der Waals surface area contributed by atoms with Crippen molar-refractivity contribution < 1.29 is 14.2 Å². The lowest BCUT2D eigenvalue weighted by Gasteiger charge is -2.33. The first-order chi connectivity index (χ1) is 16.1. The second kappa shape index (κ2) is 17.2. The monoisotopic (exact) mass is 462 g/mol. The van der Waals surface area contributed by atoms with Crippen molar-refractivity contribution >= 4 is 0 Å². The van der Waals surface area contributed by atoms with E-state index in [0.717, 1.165) is 24.6 Å². The minimum absolute atomic E-state index is 0.0847. The molecule has 5 nitrogen and oxygen atoms in total. The molecule has 190 valence electrons. The van der Waals surface area contributed by atoms with Crippen LogP contribution in [0.4, 0.5) is 0 Å². The van der Waals surface area contributed by atoms with Gasteiger partial charge in [-0.25, -0.2) is 0 Å². The zero-order valence-corrected chi connectivity index (χ0v) is 21.9. The minimum Gasteiger partial charge on any atom is -0.473 e. The molecule has 0 amide bonds. The van der Waals surface area contributed by atoms with Crippen LogP contribution in [0.3, 0.4) is 0 Å². The van der Waals surface area contributed by atoms with Gasteiger partial charge in [-0.2, -0.15) is 0 Å². The van der Waals surface area contributed by atoms with Crippen molar-refractivity contribution in [3.63, 3.8) is 0 Å². The van der Waals surface area contributed by atoms with Crippen LogP contribution < -0.4 is 9.47 Å². The summed E-state index contributed by atoms with van der Waals surface area (Å²) in [5.41, 5.74) is 0. The maximum Gasteiger partial charge on any atom is 0.175 e. The van der Waals surface area contributed by atoms with Crippen molar-refractivity contribution in [3.8, 4) is 11.5 Å². The van der Waals surface area contributed by atoms with Gasteiger partial charge in [0.1, 0.15) is 11.5 Å². The van der Waals surface area contributed by atoms with Crippen molar-refractivity contribution in [2.75, 3.05) is 40.4 Å². The lowest BCUT2D eigenvalue weighted by atomic mass is 10.1. The SMILES string of the molecule is CCCCCCCCN(C)C1COCC(N(C)CCCCCCCC)Oc2cccc(c2)O1. The predicted molar refractivity (Wildman–Crippen MR) is 138 cm³/mol. The predicted octanol–water partition coefficient (Wildman–Crippen LogP) is 6.71. The molecule has 0 spiro atoms. The highest BCUT2D eigenvalue weighted by Gasteiger charge is 2.23. The Morgan fingerprint density at radius 2 is 1.09 bits per heavy atom. The smallest absolute Gasteiger partial charge is 0.175 e. The Labute approximate surface area is 203 Å². The number of unbranched alkanes of at least 4 members (excludes halogenated alkanes) is 10. The Morgan fingerprint density at radius 1 is 0.667 bits per heavy atom. The molecule has 5 heteroatoms. The fourth-order valence-corrected chi connectivity index (χ4v) is 4.28. The van der Waals surface area contributed by atoms with Gasteiger partial charge in [0.2, 0.25) is 0 Å². The first-order valence-electron chi connectivity index (χ1n) is 13.6. The molecule has 2 atom stereocenters. The number of ether oxygens (including phenoxy) is 3. The van der Waals surface area contributed by atoms with E-state index in [1.807, 2.05) is 24.3 Å². The summed E-state index contributed by atoms with van der Waals surface area (Å²) in [5, 5.41) is 0. The summed E-state index contributed by atoms with van der Waals surface area (Å²) in [7, 11) is 4.29. The fraction of sp³-hybridized carbons (Fsp3) is 0.786. The standard InChI is InChI=1S/C28H50N2O3/c1-5-7-9-11-13-15-20-29(3)27-23-31-24-28(30(4)21-16-14-12-10-8-6-2)33-26-19-17-18-25(22-26)32-27/h17-19,22,27-28H,5-16,20-21,23-24H2,1-4H3. The van der Waals surface area contributed by atoms with Crippen LogP contribution in [0.2, 0.25) is 0 Å². The zero-order valence-electron chi connectivity index (χ0n) is 21.9. The maximum atomic E-state index is 6.30. The normalized spacial score (nSPS) is 18.8. The molecule has 1 heterocycles. The van der Waals surface area contributed by atoms with Gasteiger partial charge in [0.05, 0.1) is 13.2 Å². The van der Waals surface area contributed by atoms with Crippen molar-refractivity contribution in [2.24, 2.45) is 0 Å². The first kappa shape index (κ1) is 27.9. The molecule has 0 N–H and O–H groups in total. The van der Waals surface area contributed by atoms with E-state index in [1.165, 1.54) is 77.0 Å². The van der Waals surface area contributed by atoms with Gasteiger partial charge in [-0.15, -0.1) is 0 Å². The Morgan fingerprint density at radius 3 is 1.55 bits per heavy atom. The molecule has 2 bridgehead atoms. The summed E-state index contributed by atoms with van der Waals surface area (Å²) < 4.78 is 18.8. The Kier molecular flexibility index (Phi) is 14.5. The van der Waals surface area contributed by atoms with Crippen LogP contribution in [0.5, 0.6) is 11.5 Å². The quantitative estimate of drug-likeness (QED) is 0.255. The summed E-state index contributed by atoms with van der Waals surface area (Å²) in [4.78, 5) is 4.59. The second-order valence-corrected chi connectivity index (χ2v) is 9.65. The lowest BCUT2D eigenvalue weighted by Crippen LogP contribution is -2.45. The Balaban J connectivity index is 1.86. The molecule has 0 aromatic heterocycles. The van der Waals surface area contributed by atoms with Gasteiger partial charge in [0.15, 0.2) is 12.5 Å². The average Bonchev–Trinajstić information content (AvgIpc) is 2.82. The van der Waals surface area contributed by atoms with Gasteiger partial charge >= 0.3 is 0 Å². The van der Waals surface area contributed by atoms with E-state index in [4.69, 9.17) is 14.2 Å². The molecule has 0 saturated heterocycles. The van der Waals surface area contributed by atoms with Crippen LogP contribution in [-0.4, -0.2) is 62.7 Å². The third-order valence-electron chi connectivity index (χ3n) is 6.58. The number of likely N-dealkylation sites (N-methyl/N-ethyl adjacent to an activating group) is 2. The summed E-state index contributed by atoms with van der Waals surface area (Å²) in [6, 6.07) is 8.05. The van der Waals surface area contributed by atoms with Gasteiger partial charge in [-0.3, -0.25) is 9.80 Å². The van der Waals surface area contributed by atoms with E-state index in [1.54, 1.807) is 0 Å². The zero-order chi connectivity index (χ0) is 23.7. The van der Waals surface area contributed by atoms with E-state index in [2.05, 4.69) is 37.7 Å². The van der Waals surface area contributed by atoms with Gasteiger partial charge in [0.25, 0.3) is 0 Å². The lowest BCUT2D eigenvalue weighted by molar-refractivity contribution is -0.0791. The molecule has 33 heavy (non-hydrogen) atoms. The topological polar surface area (TPSA) is 34.2 Å². The van der Waals surface area contributed by atoms with E-state index >= 15 is 0 Å². The maximum absolute atomic E-state index is 6.30. The summed E-state index contributed by atoms with van der Waals surface area (Å²) >= 11 is 0. The van der Waals surface area contributed by atoms with Crippen LogP contribution in [0, 0.1) is 0 Å². The highest BCUT2D eigenvalue weighted by molar-refractivity contribution is 5.33. The van der Waals surface area contributed by atoms with Gasteiger partial charge in [-0.05, 0) is 39.1 Å². The highest BCUT2D eigenvalue weighted by Crippen LogP contribution is 2.24. The van der Waals surface area contributed by atoms with Crippen LogP contribution in [-0.2, 0) is 4.74 Å².